The van der Waals surface area contributed by atoms with E-state index in [4.69, 9.17) is 0 Å². The van der Waals surface area contributed by atoms with Crippen LogP contribution >= 0.6 is 0 Å². The van der Waals surface area contributed by atoms with E-state index in [0.29, 0.717) is 23.6 Å². The predicted molar refractivity (Wildman–Crippen MR) is 55.7 cm³/mol. The molecule has 0 saturated carbocycles. The molecular weight excluding hydrogens is 194 g/mol. The summed E-state index contributed by atoms with van der Waals surface area (Å²) in [5.74, 6) is 1.73. The fraction of sp³-hybridized carbons (Fsp3) is 0.800. The monoisotopic (exact) mass is 211 g/mol. The summed E-state index contributed by atoms with van der Waals surface area (Å²) in [6, 6.07) is 0. The molecule has 15 heavy (non-hydrogen) atoms. The number of H-pyrrole nitrogens is 1. The number of hydrogen-bond acceptors (Lipinski definition) is 4. The normalized spacial score (nSPS) is 26.3. The molecule has 1 aliphatic heterocycles. The Morgan fingerprint density at radius 1 is 1.53 bits per heavy atom. The Morgan fingerprint density at radius 2 is 2.33 bits per heavy atom. The lowest BCUT2D eigenvalue weighted by atomic mass is 9.88. The number of aromatic nitrogens is 2. The zero-order valence-electron chi connectivity index (χ0n) is 9.12. The van der Waals surface area contributed by atoms with Crippen LogP contribution in [0.25, 0.3) is 0 Å². The molecule has 0 aliphatic carbocycles. The van der Waals surface area contributed by atoms with Crippen LogP contribution in [0.4, 0.5) is 0 Å². The summed E-state index contributed by atoms with van der Waals surface area (Å²) in [5, 5.41) is 7.10. The highest BCUT2D eigenvalue weighted by Crippen LogP contribution is 2.29. The van der Waals surface area contributed by atoms with Crippen LogP contribution in [0.5, 0.6) is 0 Å². The molecule has 5 nitrogen and oxygen atoms in total. The Balaban J connectivity index is 2.11. The van der Waals surface area contributed by atoms with Gasteiger partial charge in [0, 0.05) is 12.5 Å². The third-order valence-corrected chi connectivity index (χ3v) is 2.92. The summed E-state index contributed by atoms with van der Waals surface area (Å²) in [5.41, 5.74) is 0. The topological polar surface area (TPSA) is 70.9 Å². The van der Waals surface area contributed by atoms with Crippen LogP contribution in [0.15, 0.2) is 9.32 Å². The molecule has 0 radical (unpaired) electrons. The quantitative estimate of drug-likeness (QED) is 0.772. The van der Waals surface area contributed by atoms with Crippen molar-refractivity contribution in [1.82, 2.24) is 15.5 Å². The van der Waals surface area contributed by atoms with E-state index < -0.39 is 5.76 Å². The van der Waals surface area contributed by atoms with Crippen LogP contribution in [-0.4, -0.2) is 23.2 Å². The van der Waals surface area contributed by atoms with Crippen LogP contribution in [0, 0.1) is 11.8 Å². The van der Waals surface area contributed by atoms with Crippen molar-refractivity contribution in [2.75, 3.05) is 13.1 Å². The summed E-state index contributed by atoms with van der Waals surface area (Å²) in [6.45, 7) is 6.29. The molecule has 84 valence electrons. The fourth-order valence-corrected chi connectivity index (χ4v) is 2.31. The summed E-state index contributed by atoms with van der Waals surface area (Å²) >= 11 is 0. The molecule has 0 bridgehead atoms. The third-order valence-electron chi connectivity index (χ3n) is 2.92. The minimum Gasteiger partial charge on any atom is -0.316 e. The maximum absolute atomic E-state index is 10.9. The second-order valence-electron chi connectivity index (χ2n) is 4.63. The van der Waals surface area contributed by atoms with Crippen molar-refractivity contribution in [2.45, 2.75) is 26.2 Å². The van der Waals surface area contributed by atoms with Gasteiger partial charge < -0.3 is 5.32 Å². The average Bonchev–Trinajstić information content (AvgIpc) is 2.72. The van der Waals surface area contributed by atoms with Gasteiger partial charge in [0.2, 0.25) is 0 Å². The molecule has 1 aliphatic rings. The largest absolute Gasteiger partial charge is 0.438 e. The number of aromatic amines is 1. The van der Waals surface area contributed by atoms with Gasteiger partial charge in [0.25, 0.3) is 0 Å². The van der Waals surface area contributed by atoms with E-state index in [0.717, 1.165) is 19.5 Å². The zero-order valence-corrected chi connectivity index (χ0v) is 9.12. The van der Waals surface area contributed by atoms with Crippen LogP contribution in [0.3, 0.4) is 0 Å². The van der Waals surface area contributed by atoms with Gasteiger partial charge in [-0.15, -0.1) is 0 Å². The maximum atomic E-state index is 10.9. The van der Waals surface area contributed by atoms with Crippen molar-refractivity contribution in [3.05, 3.63) is 16.4 Å². The Bertz CT molecular complexity index is 369. The molecule has 1 aromatic heterocycles. The minimum atomic E-state index is -0.458. The Hall–Kier alpha value is -1.10. The molecule has 2 rings (SSSR count). The summed E-state index contributed by atoms with van der Waals surface area (Å²) in [7, 11) is 0. The molecular formula is C10H17N3O2. The lowest BCUT2D eigenvalue weighted by Crippen LogP contribution is -2.15. The Kier molecular flexibility index (Phi) is 2.90. The van der Waals surface area contributed by atoms with Crippen molar-refractivity contribution < 1.29 is 4.52 Å². The van der Waals surface area contributed by atoms with Crippen molar-refractivity contribution in [2.24, 2.45) is 11.8 Å². The third kappa shape index (κ3) is 2.28. The SMILES string of the molecule is CC(C)CC1CNCC1c1noc(=O)[nH]1. The summed E-state index contributed by atoms with van der Waals surface area (Å²) in [4.78, 5) is 13.5. The molecule has 2 unspecified atom stereocenters. The lowest BCUT2D eigenvalue weighted by molar-refractivity contribution is 0.358. The smallest absolute Gasteiger partial charge is 0.316 e. The molecule has 1 aromatic rings. The zero-order chi connectivity index (χ0) is 10.8. The predicted octanol–water partition coefficient (Wildman–Crippen LogP) is 0.712. The minimum absolute atomic E-state index is 0.291. The number of nitrogens with zero attached hydrogens (tertiary/aromatic N) is 1. The molecule has 0 amide bonds. The van der Waals surface area contributed by atoms with E-state index in [1.807, 2.05) is 0 Å². The summed E-state index contributed by atoms with van der Waals surface area (Å²) < 4.78 is 4.54. The van der Waals surface area contributed by atoms with Gasteiger partial charge in [-0.05, 0) is 24.8 Å². The lowest BCUT2D eigenvalue weighted by Gasteiger charge is -2.17. The van der Waals surface area contributed by atoms with E-state index in [2.05, 4.69) is 33.8 Å². The van der Waals surface area contributed by atoms with Crippen molar-refractivity contribution in [3.63, 3.8) is 0 Å². The van der Waals surface area contributed by atoms with Crippen molar-refractivity contribution >= 4 is 0 Å². The first kappa shape index (κ1) is 10.4. The molecule has 0 spiro atoms. The Labute approximate surface area is 88.2 Å². The van der Waals surface area contributed by atoms with Crippen molar-refractivity contribution in [1.29, 1.82) is 0 Å². The highest BCUT2D eigenvalue weighted by atomic mass is 16.5. The highest BCUT2D eigenvalue weighted by Gasteiger charge is 2.31. The van der Waals surface area contributed by atoms with Gasteiger partial charge in [-0.25, -0.2) is 4.79 Å². The van der Waals surface area contributed by atoms with Gasteiger partial charge >= 0.3 is 5.76 Å². The van der Waals surface area contributed by atoms with Crippen LogP contribution in [-0.2, 0) is 0 Å². The van der Waals surface area contributed by atoms with E-state index in [1.54, 1.807) is 0 Å². The van der Waals surface area contributed by atoms with Crippen LogP contribution in [0.1, 0.15) is 32.0 Å². The Morgan fingerprint density at radius 3 is 2.93 bits per heavy atom. The van der Waals surface area contributed by atoms with Gasteiger partial charge in [-0.3, -0.25) is 9.51 Å². The molecule has 1 saturated heterocycles. The average molecular weight is 211 g/mol. The van der Waals surface area contributed by atoms with Gasteiger partial charge in [0.1, 0.15) is 0 Å². The standard InChI is InChI=1S/C10H17N3O2/c1-6(2)3-7-4-11-5-8(7)9-12-10(14)15-13-9/h6-8,11H,3-5H2,1-2H3,(H,12,13,14). The molecule has 2 atom stereocenters. The first-order chi connectivity index (χ1) is 7.16. The first-order valence-electron chi connectivity index (χ1n) is 5.43. The van der Waals surface area contributed by atoms with E-state index >= 15 is 0 Å². The van der Waals surface area contributed by atoms with Gasteiger partial charge in [0.15, 0.2) is 5.82 Å². The van der Waals surface area contributed by atoms with E-state index in [-0.39, 0.29) is 0 Å². The highest BCUT2D eigenvalue weighted by molar-refractivity contribution is 5.01. The molecule has 1 fully saturated rings. The second-order valence-corrected chi connectivity index (χ2v) is 4.63. The molecule has 5 heteroatoms. The number of rotatable bonds is 3. The first-order valence-corrected chi connectivity index (χ1v) is 5.43. The van der Waals surface area contributed by atoms with E-state index in [9.17, 15) is 4.79 Å². The van der Waals surface area contributed by atoms with Crippen LogP contribution in [0.2, 0.25) is 0 Å². The van der Waals surface area contributed by atoms with Crippen molar-refractivity contribution in [3.8, 4) is 0 Å². The van der Waals surface area contributed by atoms with Gasteiger partial charge in [0.05, 0.1) is 0 Å². The van der Waals surface area contributed by atoms with Crippen LogP contribution < -0.4 is 11.1 Å². The number of nitrogens with one attached hydrogen (secondary N) is 2. The molecule has 0 aromatic carbocycles. The molecule has 2 N–H and O–H groups in total. The van der Waals surface area contributed by atoms with Gasteiger partial charge in [-0.1, -0.05) is 19.0 Å². The second kappa shape index (κ2) is 4.18. The van der Waals surface area contributed by atoms with Gasteiger partial charge in [-0.2, -0.15) is 0 Å². The maximum Gasteiger partial charge on any atom is 0.438 e. The van der Waals surface area contributed by atoms with E-state index in [1.165, 1.54) is 0 Å². The molecule has 2 heterocycles. The number of hydrogen-bond donors (Lipinski definition) is 2. The fourth-order valence-electron chi connectivity index (χ4n) is 2.31. The summed E-state index contributed by atoms with van der Waals surface area (Å²) in [6.07, 6.45) is 1.15.